The van der Waals surface area contributed by atoms with Crippen LogP contribution in [0.4, 0.5) is 9.59 Å². The van der Waals surface area contributed by atoms with Crippen LogP contribution in [0.5, 0.6) is 0 Å². The van der Waals surface area contributed by atoms with Gasteiger partial charge in [-0.3, -0.25) is 4.90 Å². The molecule has 5 rings (SSSR count). The molecule has 0 saturated carbocycles. The Bertz CT molecular complexity index is 1140. The molecule has 0 radical (unpaired) electrons. The molecule has 35 heavy (non-hydrogen) atoms. The fourth-order valence-electron chi connectivity index (χ4n) is 5.77. The first-order valence-corrected chi connectivity index (χ1v) is 12.0. The van der Waals surface area contributed by atoms with Gasteiger partial charge in [-0.05, 0) is 49.4 Å². The minimum absolute atomic E-state index is 0.111. The van der Waals surface area contributed by atoms with E-state index in [9.17, 15) is 19.5 Å². The molecule has 2 amide bonds. The number of amides is 2. The molecule has 0 bridgehead atoms. The quantitative estimate of drug-likeness (QED) is 0.705. The molecule has 0 spiro atoms. The molecule has 2 atom stereocenters. The van der Waals surface area contributed by atoms with E-state index in [-0.39, 0.29) is 38.1 Å². The van der Waals surface area contributed by atoms with Crippen molar-refractivity contribution in [2.45, 2.75) is 44.2 Å². The minimum atomic E-state index is -1.51. The summed E-state index contributed by atoms with van der Waals surface area (Å²) in [5.41, 5.74) is 2.21. The van der Waals surface area contributed by atoms with E-state index in [1.54, 1.807) is 20.8 Å². The maximum Gasteiger partial charge on any atom is 0.410 e. The first-order chi connectivity index (χ1) is 16.6. The largest absolute Gasteiger partial charge is 0.479 e. The summed E-state index contributed by atoms with van der Waals surface area (Å²) in [4.78, 5) is 41.2. The lowest BCUT2D eigenvalue weighted by Gasteiger charge is -2.34. The van der Waals surface area contributed by atoms with E-state index in [2.05, 4.69) is 12.1 Å². The van der Waals surface area contributed by atoms with Gasteiger partial charge in [-0.15, -0.1) is 0 Å². The van der Waals surface area contributed by atoms with Crippen molar-refractivity contribution in [3.8, 4) is 11.1 Å². The molecule has 0 aromatic heterocycles. The summed E-state index contributed by atoms with van der Waals surface area (Å²) in [6.07, 6.45) is -0.752. The summed E-state index contributed by atoms with van der Waals surface area (Å²) in [5, 5.41) is 10.2. The third-order valence-electron chi connectivity index (χ3n) is 7.31. The molecule has 2 saturated heterocycles. The van der Waals surface area contributed by atoms with E-state index in [1.807, 2.05) is 36.4 Å². The van der Waals surface area contributed by atoms with E-state index < -0.39 is 29.3 Å². The first-order valence-electron chi connectivity index (χ1n) is 12.0. The number of carbonyl (C=O) groups excluding carboxylic acids is 2. The highest BCUT2D eigenvalue weighted by atomic mass is 16.6. The number of carbonyl (C=O) groups is 3. The fraction of sp³-hybridized carbons (Fsp3) is 0.444. The number of likely N-dealkylation sites (tertiary alicyclic amines) is 2. The average molecular weight is 479 g/mol. The fourth-order valence-corrected chi connectivity index (χ4v) is 5.77. The topological polar surface area (TPSA) is 96.4 Å². The second kappa shape index (κ2) is 8.29. The zero-order chi connectivity index (χ0) is 25.0. The Morgan fingerprint density at radius 3 is 2.17 bits per heavy atom. The zero-order valence-corrected chi connectivity index (χ0v) is 20.2. The Balaban J connectivity index is 1.34. The highest BCUT2D eigenvalue weighted by Crippen LogP contribution is 2.46. The van der Waals surface area contributed by atoms with Gasteiger partial charge in [0, 0.05) is 24.9 Å². The Labute approximate surface area is 204 Å². The van der Waals surface area contributed by atoms with Crippen LogP contribution in [-0.2, 0) is 14.3 Å². The van der Waals surface area contributed by atoms with Crippen molar-refractivity contribution < 1.29 is 29.0 Å². The van der Waals surface area contributed by atoms with Crippen LogP contribution < -0.4 is 0 Å². The number of hydrogen-bond acceptors (Lipinski definition) is 5. The van der Waals surface area contributed by atoms with Crippen molar-refractivity contribution in [1.29, 1.82) is 0 Å². The molecule has 2 aliphatic heterocycles. The number of benzene rings is 2. The number of rotatable bonds is 3. The molecule has 0 unspecified atom stereocenters. The van der Waals surface area contributed by atoms with Gasteiger partial charge in [0.2, 0.25) is 0 Å². The normalized spacial score (nSPS) is 23.0. The summed E-state index contributed by atoms with van der Waals surface area (Å²) in [7, 11) is 0. The molecule has 1 N–H and O–H groups in total. The van der Waals surface area contributed by atoms with Gasteiger partial charge < -0.3 is 19.5 Å². The van der Waals surface area contributed by atoms with Crippen LogP contribution in [0.3, 0.4) is 0 Å². The maximum atomic E-state index is 13.3. The molecular weight excluding hydrogens is 448 g/mol. The summed E-state index contributed by atoms with van der Waals surface area (Å²) < 4.78 is 11.2. The number of carboxylic acid groups (broad SMARTS) is 1. The molecule has 2 aromatic carbocycles. The van der Waals surface area contributed by atoms with Crippen molar-refractivity contribution in [2.24, 2.45) is 5.92 Å². The third kappa shape index (κ3) is 3.81. The van der Waals surface area contributed by atoms with Crippen LogP contribution in [0.15, 0.2) is 48.5 Å². The predicted molar refractivity (Wildman–Crippen MR) is 128 cm³/mol. The second-order valence-corrected chi connectivity index (χ2v) is 10.5. The van der Waals surface area contributed by atoms with E-state index in [0.717, 1.165) is 22.3 Å². The number of hydrogen-bond donors (Lipinski definition) is 1. The summed E-state index contributed by atoms with van der Waals surface area (Å²) in [5.74, 6) is -1.63. The SMILES string of the molecule is CC(C)(C)OC(=O)N1C[C@H]2CCN(C(=O)OCC3c4ccccc4-c4ccccc43)[C@@]2(C(=O)O)C1. The Morgan fingerprint density at radius 1 is 1.00 bits per heavy atom. The van der Waals surface area contributed by atoms with E-state index in [1.165, 1.54) is 9.80 Å². The molecule has 2 aromatic rings. The van der Waals surface area contributed by atoms with Gasteiger partial charge in [-0.2, -0.15) is 0 Å². The predicted octanol–water partition coefficient (Wildman–Crippen LogP) is 4.33. The van der Waals surface area contributed by atoms with Crippen LogP contribution in [0, 0.1) is 5.92 Å². The summed E-state index contributed by atoms with van der Waals surface area (Å²) in [6, 6.07) is 16.1. The van der Waals surface area contributed by atoms with Gasteiger partial charge in [0.15, 0.2) is 5.54 Å². The minimum Gasteiger partial charge on any atom is -0.479 e. The van der Waals surface area contributed by atoms with Gasteiger partial charge >= 0.3 is 18.2 Å². The van der Waals surface area contributed by atoms with Crippen molar-refractivity contribution in [3.63, 3.8) is 0 Å². The van der Waals surface area contributed by atoms with Crippen LogP contribution >= 0.6 is 0 Å². The molecule has 8 heteroatoms. The Hall–Kier alpha value is -3.55. The number of carboxylic acids is 1. The monoisotopic (exact) mass is 478 g/mol. The Kier molecular flexibility index (Phi) is 5.49. The third-order valence-corrected chi connectivity index (χ3v) is 7.31. The molecule has 3 aliphatic rings. The van der Waals surface area contributed by atoms with Gasteiger partial charge in [0.1, 0.15) is 12.2 Å². The highest BCUT2D eigenvalue weighted by molar-refractivity contribution is 5.88. The van der Waals surface area contributed by atoms with E-state index in [0.29, 0.717) is 6.42 Å². The number of ether oxygens (including phenoxy) is 2. The molecule has 8 nitrogen and oxygen atoms in total. The molecule has 1 aliphatic carbocycles. The van der Waals surface area contributed by atoms with Crippen LogP contribution in [0.25, 0.3) is 11.1 Å². The molecule has 2 fully saturated rings. The van der Waals surface area contributed by atoms with Crippen molar-refractivity contribution in [3.05, 3.63) is 59.7 Å². The number of nitrogens with zero attached hydrogens (tertiary/aromatic N) is 2. The van der Waals surface area contributed by atoms with Gasteiger partial charge in [0.25, 0.3) is 0 Å². The lowest BCUT2D eigenvalue weighted by Crippen LogP contribution is -2.58. The van der Waals surface area contributed by atoms with Crippen molar-refractivity contribution in [2.75, 3.05) is 26.2 Å². The van der Waals surface area contributed by atoms with Gasteiger partial charge in [0.05, 0.1) is 6.54 Å². The summed E-state index contributed by atoms with van der Waals surface area (Å²) in [6.45, 7) is 5.78. The van der Waals surface area contributed by atoms with Gasteiger partial charge in [-0.25, -0.2) is 14.4 Å². The highest BCUT2D eigenvalue weighted by Gasteiger charge is 2.63. The molecular formula is C27H30N2O6. The average Bonchev–Trinajstić information content (AvgIpc) is 3.45. The standard InChI is InChI=1S/C27H30N2O6/c1-26(2,3)35-24(32)28-14-17-12-13-29(27(17,16-28)23(30)31)25(33)34-15-22-20-10-6-4-8-18(20)19-9-5-7-11-21(19)22/h4-11,17,22H,12-16H2,1-3H3,(H,30,31)/t17-,27+/m1/s1. The lowest BCUT2D eigenvalue weighted by molar-refractivity contribution is -0.149. The van der Waals surface area contributed by atoms with Crippen molar-refractivity contribution >= 4 is 18.2 Å². The number of fused-ring (bicyclic) bond motifs is 4. The molecule has 184 valence electrons. The molecule has 2 heterocycles. The smallest absolute Gasteiger partial charge is 0.410 e. The second-order valence-electron chi connectivity index (χ2n) is 10.5. The van der Waals surface area contributed by atoms with E-state index in [4.69, 9.17) is 9.47 Å². The summed E-state index contributed by atoms with van der Waals surface area (Å²) >= 11 is 0. The maximum absolute atomic E-state index is 13.3. The number of aliphatic carboxylic acids is 1. The zero-order valence-electron chi connectivity index (χ0n) is 20.2. The van der Waals surface area contributed by atoms with Crippen LogP contribution in [-0.4, -0.2) is 70.4 Å². The van der Waals surface area contributed by atoms with E-state index >= 15 is 0 Å². The van der Waals surface area contributed by atoms with Gasteiger partial charge in [-0.1, -0.05) is 48.5 Å². The first kappa shape index (κ1) is 23.2. The van der Waals surface area contributed by atoms with Crippen LogP contribution in [0.1, 0.15) is 44.2 Å². The lowest BCUT2D eigenvalue weighted by atomic mass is 9.88. The Morgan fingerprint density at radius 2 is 1.60 bits per heavy atom. The van der Waals surface area contributed by atoms with Crippen LogP contribution in [0.2, 0.25) is 0 Å². The van der Waals surface area contributed by atoms with Crippen molar-refractivity contribution in [1.82, 2.24) is 9.80 Å².